The SMILES string of the molecule is COc1ccccc1/C=C/C(=O)Nc1ccccc1C(=O)N1CCCCCC1. The molecule has 0 aromatic heterocycles. The van der Waals surface area contributed by atoms with Gasteiger partial charge in [-0.25, -0.2) is 0 Å². The fourth-order valence-corrected chi connectivity index (χ4v) is 3.37. The van der Waals surface area contributed by atoms with Crippen molar-refractivity contribution in [3.63, 3.8) is 0 Å². The van der Waals surface area contributed by atoms with Crippen LogP contribution in [0.1, 0.15) is 41.6 Å². The van der Waals surface area contributed by atoms with E-state index in [0.29, 0.717) is 17.0 Å². The van der Waals surface area contributed by atoms with Crippen molar-refractivity contribution in [3.8, 4) is 5.75 Å². The Morgan fingerprint density at radius 2 is 1.64 bits per heavy atom. The van der Waals surface area contributed by atoms with E-state index in [1.165, 1.54) is 6.08 Å². The minimum absolute atomic E-state index is 0.0218. The number of carbonyl (C=O) groups excluding carboxylic acids is 2. The van der Waals surface area contributed by atoms with Gasteiger partial charge in [0.05, 0.1) is 18.4 Å². The lowest BCUT2D eigenvalue weighted by molar-refractivity contribution is -0.111. The predicted octanol–water partition coefficient (Wildman–Crippen LogP) is 4.36. The van der Waals surface area contributed by atoms with Crippen LogP contribution in [0.3, 0.4) is 0 Å². The Bertz CT molecular complexity index is 852. The van der Waals surface area contributed by atoms with Crippen LogP contribution in [0, 0.1) is 0 Å². The third-order valence-electron chi connectivity index (χ3n) is 4.86. The van der Waals surface area contributed by atoms with Crippen LogP contribution in [0.4, 0.5) is 5.69 Å². The average Bonchev–Trinajstić information content (AvgIpc) is 3.02. The maximum Gasteiger partial charge on any atom is 0.255 e. The Kier molecular flexibility index (Phi) is 6.84. The number of likely N-dealkylation sites (tertiary alicyclic amines) is 1. The maximum atomic E-state index is 13.0. The molecule has 1 aliphatic rings. The summed E-state index contributed by atoms with van der Waals surface area (Å²) in [5, 5.41) is 2.84. The van der Waals surface area contributed by atoms with Gasteiger partial charge >= 0.3 is 0 Å². The molecule has 0 bridgehead atoms. The summed E-state index contributed by atoms with van der Waals surface area (Å²) in [4.78, 5) is 27.3. The largest absolute Gasteiger partial charge is 0.496 e. The first kappa shape index (κ1) is 19.7. The van der Waals surface area contributed by atoms with Gasteiger partial charge in [-0.05, 0) is 37.1 Å². The molecular formula is C23H26N2O3. The van der Waals surface area contributed by atoms with Crippen LogP contribution in [-0.2, 0) is 4.79 Å². The van der Waals surface area contributed by atoms with E-state index >= 15 is 0 Å². The van der Waals surface area contributed by atoms with E-state index in [1.54, 1.807) is 25.3 Å². The summed E-state index contributed by atoms with van der Waals surface area (Å²) in [5.74, 6) is 0.386. The first-order valence-electron chi connectivity index (χ1n) is 9.69. The van der Waals surface area contributed by atoms with Crippen molar-refractivity contribution in [2.75, 3.05) is 25.5 Å². The molecule has 2 amide bonds. The number of benzene rings is 2. The zero-order valence-corrected chi connectivity index (χ0v) is 16.2. The summed E-state index contributed by atoms with van der Waals surface area (Å²) in [6.45, 7) is 1.55. The quantitative estimate of drug-likeness (QED) is 0.787. The van der Waals surface area contributed by atoms with Crippen LogP contribution in [0.25, 0.3) is 6.08 Å². The smallest absolute Gasteiger partial charge is 0.255 e. The zero-order chi connectivity index (χ0) is 19.8. The van der Waals surface area contributed by atoms with E-state index in [2.05, 4.69) is 5.32 Å². The number of para-hydroxylation sites is 2. The standard InChI is InChI=1S/C23H26N2O3/c1-28-21-13-7-4-10-18(21)14-15-22(26)24-20-12-6-5-11-19(20)23(27)25-16-8-2-3-9-17-25/h4-7,10-15H,2-3,8-9,16-17H2,1H3,(H,24,26)/b15-14+. The van der Waals surface area contributed by atoms with Gasteiger partial charge in [-0.3, -0.25) is 9.59 Å². The first-order valence-corrected chi connectivity index (χ1v) is 9.69. The topological polar surface area (TPSA) is 58.6 Å². The normalized spacial score (nSPS) is 14.5. The molecule has 3 rings (SSSR count). The van der Waals surface area contributed by atoms with Crippen molar-refractivity contribution >= 4 is 23.6 Å². The van der Waals surface area contributed by atoms with Crippen molar-refractivity contribution in [2.45, 2.75) is 25.7 Å². The zero-order valence-electron chi connectivity index (χ0n) is 16.2. The van der Waals surface area contributed by atoms with E-state index < -0.39 is 0 Å². The molecule has 0 atom stereocenters. The fourth-order valence-electron chi connectivity index (χ4n) is 3.37. The maximum absolute atomic E-state index is 13.0. The summed E-state index contributed by atoms with van der Waals surface area (Å²) in [6.07, 6.45) is 7.54. The molecular weight excluding hydrogens is 352 g/mol. The first-order chi connectivity index (χ1) is 13.7. The van der Waals surface area contributed by atoms with E-state index in [1.807, 2.05) is 41.3 Å². The number of ether oxygens (including phenoxy) is 1. The van der Waals surface area contributed by atoms with E-state index in [-0.39, 0.29) is 11.8 Å². The minimum atomic E-state index is -0.290. The second-order valence-corrected chi connectivity index (χ2v) is 6.82. The van der Waals surface area contributed by atoms with Gasteiger partial charge in [0.1, 0.15) is 5.75 Å². The summed E-state index contributed by atoms with van der Waals surface area (Å²) < 4.78 is 5.29. The van der Waals surface area contributed by atoms with Crippen molar-refractivity contribution in [2.24, 2.45) is 0 Å². The third-order valence-corrected chi connectivity index (χ3v) is 4.86. The molecule has 0 aliphatic carbocycles. The highest BCUT2D eigenvalue weighted by atomic mass is 16.5. The van der Waals surface area contributed by atoms with Crippen LogP contribution in [0.2, 0.25) is 0 Å². The van der Waals surface area contributed by atoms with E-state index in [9.17, 15) is 9.59 Å². The molecule has 2 aromatic carbocycles. The molecule has 1 N–H and O–H groups in total. The Labute approximate surface area is 166 Å². The molecule has 5 heteroatoms. The van der Waals surface area contributed by atoms with Gasteiger partial charge in [-0.1, -0.05) is 43.2 Å². The lowest BCUT2D eigenvalue weighted by Gasteiger charge is -2.21. The summed E-state index contributed by atoms with van der Waals surface area (Å²) >= 11 is 0. The number of carbonyl (C=O) groups is 2. The number of nitrogens with zero attached hydrogens (tertiary/aromatic N) is 1. The van der Waals surface area contributed by atoms with Crippen LogP contribution in [0.5, 0.6) is 5.75 Å². The molecule has 5 nitrogen and oxygen atoms in total. The molecule has 1 fully saturated rings. The number of rotatable bonds is 5. The molecule has 1 saturated heterocycles. The van der Waals surface area contributed by atoms with Gasteiger partial charge < -0.3 is 15.0 Å². The van der Waals surface area contributed by atoms with Crippen LogP contribution >= 0.6 is 0 Å². The van der Waals surface area contributed by atoms with Gasteiger partial charge in [-0.2, -0.15) is 0 Å². The third kappa shape index (κ3) is 5.00. The summed E-state index contributed by atoms with van der Waals surface area (Å²) in [5.41, 5.74) is 1.88. The van der Waals surface area contributed by atoms with Crippen LogP contribution in [0.15, 0.2) is 54.6 Å². The molecule has 146 valence electrons. The highest BCUT2D eigenvalue weighted by molar-refractivity contribution is 6.07. The lowest BCUT2D eigenvalue weighted by atomic mass is 10.1. The van der Waals surface area contributed by atoms with Crippen LogP contribution < -0.4 is 10.1 Å². The number of methoxy groups -OCH3 is 1. The van der Waals surface area contributed by atoms with E-state index in [4.69, 9.17) is 4.74 Å². The number of nitrogens with one attached hydrogen (secondary N) is 1. The number of hydrogen-bond acceptors (Lipinski definition) is 3. The Morgan fingerprint density at radius 1 is 0.964 bits per heavy atom. The fraction of sp³-hybridized carbons (Fsp3) is 0.304. The number of anilines is 1. The molecule has 1 aliphatic heterocycles. The molecule has 0 unspecified atom stereocenters. The van der Waals surface area contributed by atoms with Gasteiger partial charge in [0.25, 0.3) is 5.91 Å². The molecule has 0 radical (unpaired) electrons. The Hall–Kier alpha value is -3.08. The minimum Gasteiger partial charge on any atom is -0.496 e. The number of hydrogen-bond donors (Lipinski definition) is 1. The number of amides is 2. The summed E-state index contributed by atoms with van der Waals surface area (Å²) in [7, 11) is 1.59. The van der Waals surface area contributed by atoms with Crippen molar-refractivity contribution < 1.29 is 14.3 Å². The van der Waals surface area contributed by atoms with Gasteiger partial charge in [-0.15, -0.1) is 0 Å². The molecule has 28 heavy (non-hydrogen) atoms. The van der Waals surface area contributed by atoms with Crippen LogP contribution in [-0.4, -0.2) is 36.9 Å². The van der Waals surface area contributed by atoms with Crippen molar-refractivity contribution in [3.05, 3.63) is 65.7 Å². The monoisotopic (exact) mass is 378 g/mol. The lowest BCUT2D eigenvalue weighted by Crippen LogP contribution is -2.32. The van der Waals surface area contributed by atoms with Gasteiger partial charge in [0.15, 0.2) is 0 Å². The molecule has 1 heterocycles. The second kappa shape index (κ2) is 9.74. The predicted molar refractivity (Wildman–Crippen MR) is 111 cm³/mol. The van der Waals surface area contributed by atoms with E-state index in [0.717, 1.165) is 44.3 Å². The highest BCUT2D eigenvalue weighted by Crippen LogP contribution is 2.21. The molecule has 0 spiro atoms. The Morgan fingerprint density at radius 3 is 2.39 bits per heavy atom. The average molecular weight is 378 g/mol. The summed E-state index contributed by atoms with van der Waals surface area (Å²) in [6, 6.07) is 14.7. The van der Waals surface area contributed by atoms with Gasteiger partial charge in [0.2, 0.25) is 5.91 Å². The molecule has 0 saturated carbocycles. The molecule has 2 aromatic rings. The van der Waals surface area contributed by atoms with Crippen molar-refractivity contribution in [1.29, 1.82) is 0 Å². The van der Waals surface area contributed by atoms with Gasteiger partial charge in [0, 0.05) is 24.7 Å². The van der Waals surface area contributed by atoms with Crippen molar-refractivity contribution in [1.82, 2.24) is 4.90 Å². The highest BCUT2D eigenvalue weighted by Gasteiger charge is 2.20. The second-order valence-electron chi connectivity index (χ2n) is 6.82. The Balaban J connectivity index is 1.73.